The van der Waals surface area contributed by atoms with Crippen LogP contribution in [-0.2, 0) is 9.59 Å². The molecule has 0 radical (unpaired) electrons. The van der Waals surface area contributed by atoms with E-state index in [4.69, 9.17) is 4.74 Å². The molecular weight excluding hydrogens is 372 g/mol. The number of hydrogen-bond acceptors (Lipinski definition) is 3. The van der Waals surface area contributed by atoms with E-state index >= 15 is 0 Å². The Bertz CT molecular complexity index is 778. The molecule has 1 fully saturated rings. The lowest BCUT2D eigenvalue weighted by Crippen LogP contribution is -2.28. The highest BCUT2D eigenvalue weighted by atomic mass is 79.9. The smallest absolute Gasteiger partial charge is 0.229 e. The summed E-state index contributed by atoms with van der Waals surface area (Å²) in [6.45, 7) is 0.346. The summed E-state index contributed by atoms with van der Waals surface area (Å²) in [5.41, 5.74) is 1.40. The molecule has 1 atom stereocenters. The van der Waals surface area contributed by atoms with Crippen LogP contribution >= 0.6 is 15.9 Å². The molecule has 2 aromatic carbocycles. The van der Waals surface area contributed by atoms with E-state index in [1.54, 1.807) is 18.1 Å². The molecule has 1 aliphatic heterocycles. The van der Waals surface area contributed by atoms with Crippen molar-refractivity contribution in [2.75, 3.05) is 23.9 Å². The van der Waals surface area contributed by atoms with E-state index in [2.05, 4.69) is 21.2 Å². The van der Waals surface area contributed by atoms with Crippen LogP contribution in [0.5, 0.6) is 5.75 Å². The number of hydrogen-bond donors (Lipinski definition) is 1. The van der Waals surface area contributed by atoms with Crippen LogP contribution in [0.4, 0.5) is 11.4 Å². The van der Waals surface area contributed by atoms with E-state index < -0.39 is 0 Å². The average Bonchev–Trinajstić information content (AvgIpc) is 2.96. The summed E-state index contributed by atoms with van der Waals surface area (Å²) in [5, 5.41) is 2.87. The number of amides is 2. The van der Waals surface area contributed by atoms with Gasteiger partial charge in [-0.05, 0) is 30.3 Å². The monoisotopic (exact) mass is 388 g/mol. The molecule has 3 rings (SSSR count). The number of benzene rings is 2. The molecule has 1 N–H and O–H groups in total. The minimum Gasteiger partial charge on any atom is -0.495 e. The van der Waals surface area contributed by atoms with Gasteiger partial charge in [0, 0.05) is 23.1 Å². The minimum absolute atomic E-state index is 0.0751. The Morgan fingerprint density at radius 2 is 2.04 bits per heavy atom. The first-order valence-electron chi connectivity index (χ1n) is 7.58. The first-order chi connectivity index (χ1) is 11.6. The molecule has 2 amide bonds. The number of nitrogens with one attached hydrogen (secondary N) is 1. The normalized spacial score (nSPS) is 17.0. The predicted octanol–water partition coefficient (Wildman–Crippen LogP) is 3.45. The molecule has 0 aliphatic carbocycles. The molecule has 5 nitrogen and oxygen atoms in total. The molecule has 124 valence electrons. The Labute approximate surface area is 148 Å². The van der Waals surface area contributed by atoms with Crippen LogP contribution in [0, 0.1) is 5.92 Å². The summed E-state index contributed by atoms with van der Waals surface area (Å²) in [7, 11) is 1.57. The lowest BCUT2D eigenvalue weighted by Gasteiger charge is -2.19. The second-order valence-corrected chi connectivity index (χ2v) is 6.49. The van der Waals surface area contributed by atoms with Gasteiger partial charge in [0.2, 0.25) is 11.8 Å². The third kappa shape index (κ3) is 3.43. The zero-order chi connectivity index (χ0) is 17.1. The molecule has 0 bridgehead atoms. The van der Waals surface area contributed by atoms with Crippen molar-refractivity contribution in [3.05, 3.63) is 53.0 Å². The Morgan fingerprint density at radius 1 is 1.25 bits per heavy atom. The number of anilines is 2. The summed E-state index contributed by atoms with van der Waals surface area (Å²) < 4.78 is 6.20. The van der Waals surface area contributed by atoms with Gasteiger partial charge in [-0.25, -0.2) is 0 Å². The molecule has 2 aromatic rings. The van der Waals surface area contributed by atoms with Crippen molar-refractivity contribution >= 4 is 39.1 Å². The summed E-state index contributed by atoms with van der Waals surface area (Å²) in [4.78, 5) is 26.4. The first-order valence-corrected chi connectivity index (χ1v) is 8.37. The second kappa shape index (κ2) is 7.05. The van der Waals surface area contributed by atoms with Crippen LogP contribution in [-0.4, -0.2) is 25.5 Å². The van der Waals surface area contributed by atoms with Crippen LogP contribution in [0.15, 0.2) is 53.0 Å². The van der Waals surface area contributed by atoms with Crippen LogP contribution in [0.3, 0.4) is 0 Å². The summed E-state index contributed by atoms with van der Waals surface area (Å²) in [5.74, 6) is 0.00744. The molecule has 1 heterocycles. The van der Waals surface area contributed by atoms with E-state index in [1.807, 2.05) is 42.5 Å². The van der Waals surface area contributed by atoms with E-state index in [9.17, 15) is 9.59 Å². The van der Waals surface area contributed by atoms with Gasteiger partial charge < -0.3 is 15.0 Å². The highest BCUT2D eigenvalue weighted by Crippen LogP contribution is 2.33. The number of para-hydroxylation sites is 2. The number of halogens is 1. The fraction of sp³-hybridized carbons (Fsp3) is 0.222. The van der Waals surface area contributed by atoms with E-state index in [-0.39, 0.29) is 24.2 Å². The van der Waals surface area contributed by atoms with E-state index in [0.717, 1.165) is 4.47 Å². The van der Waals surface area contributed by atoms with Crippen molar-refractivity contribution in [3.63, 3.8) is 0 Å². The minimum atomic E-state index is -0.388. The molecule has 1 aliphatic rings. The largest absolute Gasteiger partial charge is 0.495 e. The van der Waals surface area contributed by atoms with Crippen molar-refractivity contribution in [2.45, 2.75) is 6.42 Å². The van der Waals surface area contributed by atoms with Gasteiger partial charge in [0.15, 0.2) is 0 Å². The van der Waals surface area contributed by atoms with Crippen LogP contribution in [0.2, 0.25) is 0 Å². The molecule has 6 heteroatoms. The first kappa shape index (κ1) is 16.5. The zero-order valence-corrected chi connectivity index (χ0v) is 14.7. The van der Waals surface area contributed by atoms with Gasteiger partial charge in [0.1, 0.15) is 5.75 Å². The maximum absolute atomic E-state index is 12.5. The topological polar surface area (TPSA) is 58.6 Å². The molecule has 0 unspecified atom stereocenters. The standard InChI is InChI=1S/C18H17BrN2O3/c1-24-16-8-3-2-7-15(16)21-11-12(9-17(21)22)18(23)20-14-6-4-5-13(19)10-14/h2-8,10,12H,9,11H2,1H3,(H,20,23)/t12-/m1/s1. The van der Waals surface area contributed by atoms with Gasteiger partial charge >= 0.3 is 0 Å². The number of carbonyl (C=O) groups excluding carboxylic acids is 2. The van der Waals surface area contributed by atoms with Crippen LogP contribution < -0.4 is 15.0 Å². The van der Waals surface area contributed by atoms with Gasteiger partial charge in [0.25, 0.3) is 0 Å². The predicted molar refractivity (Wildman–Crippen MR) is 96.2 cm³/mol. The van der Waals surface area contributed by atoms with Crippen LogP contribution in [0.1, 0.15) is 6.42 Å². The lowest BCUT2D eigenvalue weighted by atomic mass is 10.1. The highest BCUT2D eigenvalue weighted by molar-refractivity contribution is 9.10. The second-order valence-electron chi connectivity index (χ2n) is 5.58. The van der Waals surface area contributed by atoms with Gasteiger partial charge in [-0.3, -0.25) is 9.59 Å². The molecule has 24 heavy (non-hydrogen) atoms. The van der Waals surface area contributed by atoms with Gasteiger partial charge in [-0.1, -0.05) is 34.1 Å². The number of carbonyl (C=O) groups is 2. The summed E-state index contributed by atoms with van der Waals surface area (Å²) in [6, 6.07) is 14.7. The lowest BCUT2D eigenvalue weighted by molar-refractivity contribution is -0.122. The van der Waals surface area contributed by atoms with Crippen molar-refractivity contribution in [2.24, 2.45) is 5.92 Å². The molecule has 0 saturated carbocycles. The van der Waals surface area contributed by atoms with Crippen molar-refractivity contribution in [3.8, 4) is 5.75 Å². The van der Waals surface area contributed by atoms with E-state index in [0.29, 0.717) is 23.7 Å². The number of methoxy groups -OCH3 is 1. The third-order valence-corrected chi connectivity index (χ3v) is 4.46. The van der Waals surface area contributed by atoms with Crippen molar-refractivity contribution < 1.29 is 14.3 Å². The number of rotatable bonds is 4. The van der Waals surface area contributed by atoms with Gasteiger partial charge in [-0.2, -0.15) is 0 Å². The Balaban J connectivity index is 1.73. The Morgan fingerprint density at radius 3 is 2.79 bits per heavy atom. The van der Waals surface area contributed by atoms with Crippen LogP contribution in [0.25, 0.3) is 0 Å². The summed E-state index contributed by atoms with van der Waals surface area (Å²) in [6.07, 6.45) is 0.192. The number of ether oxygens (including phenoxy) is 1. The fourth-order valence-corrected chi connectivity index (χ4v) is 3.18. The van der Waals surface area contributed by atoms with Crippen molar-refractivity contribution in [1.82, 2.24) is 0 Å². The van der Waals surface area contributed by atoms with Gasteiger partial charge in [0.05, 0.1) is 18.7 Å². The quantitative estimate of drug-likeness (QED) is 0.872. The maximum Gasteiger partial charge on any atom is 0.229 e. The van der Waals surface area contributed by atoms with E-state index in [1.165, 1.54) is 0 Å². The molecule has 0 spiro atoms. The fourth-order valence-electron chi connectivity index (χ4n) is 2.78. The Kier molecular flexibility index (Phi) is 4.85. The summed E-state index contributed by atoms with van der Waals surface area (Å²) >= 11 is 3.37. The Hall–Kier alpha value is -2.34. The maximum atomic E-state index is 12.5. The average molecular weight is 389 g/mol. The molecule has 1 saturated heterocycles. The van der Waals surface area contributed by atoms with Gasteiger partial charge in [-0.15, -0.1) is 0 Å². The van der Waals surface area contributed by atoms with Crippen molar-refractivity contribution in [1.29, 1.82) is 0 Å². The highest BCUT2D eigenvalue weighted by Gasteiger charge is 2.36. The SMILES string of the molecule is COc1ccccc1N1C[C@H](C(=O)Nc2cccc(Br)c2)CC1=O. The third-order valence-electron chi connectivity index (χ3n) is 3.96. The molecular formula is C18H17BrN2O3. The zero-order valence-electron chi connectivity index (χ0n) is 13.2. The number of nitrogens with zero attached hydrogens (tertiary/aromatic N) is 1. The molecule has 0 aromatic heterocycles.